The zero-order valence-corrected chi connectivity index (χ0v) is 17.2. The Bertz CT molecular complexity index is 800. The highest BCUT2D eigenvalue weighted by molar-refractivity contribution is 5.94. The van der Waals surface area contributed by atoms with Crippen LogP contribution in [0.3, 0.4) is 0 Å². The zero-order valence-electron chi connectivity index (χ0n) is 17.2. The molecule has 0 N–H and O–H groups in total. The maximum Gasteiger partial charge on any atom is 0.321 e. The minimum atomic E-state index is 0.0676. The van der Waals surface area contributed by atoms with Gasteiger partial charge in [-0.2, -0.15) is 9.97 Å². The van der Waals surface area contributed by atoms with Gasteiger partial charge in [0, 0.05) is 37.8 Å². The number of carbonyl (C=O) groups excluding carboxylic acids is 1. The Hall–Kier alpha value is -2.83. The molecule has 1 aromatic carbocycles. The van der Waals surface area contributed by atoms with Crippen LogP contribution < -0.4 is 14.4 Å². The normalized spacial score (nSPS) is 14.8. The van der Waals surface area contributed by atoms with E-state index in [1.165, 1.54) is 12.7 Å². The Morgan fingerprint density at radius 3 is 2.14 bits per heavy atom. The monoisotopic (exact) mass is 384 g/mol. The number of carbonyl (C=O) groups is 1. The highest BCUT2D eigenvalue weighted by Gasteiger charge is 2.24. The van der Waals surface area contributed by atoms with Crippen LogP contribution in [0.2, 0.25) is 0 Å². The smallest absolute Gasteiger partial charge is 0.321 e. The van der Waals surface area contributed by atoms with E-state index in [2.05, 4.69) is 35.6 Å². The fourth-order valence-corrected chi connectivity index (χ4v) is 3.18. The maximum atomic E-state index is 12.8. The number of piperazine rings is 1. The topological polar surface area (TPSA) is 67.8 Å². The average molecular weight is 384 g/mol. The molecule has 150 valence electrons. The van der Waals surface area contributed by atoms with Crippen molar-refractivity contribution in [1.82, 2.24) is 14.9 Å². The van der Waals surface area contributed by atoms with E-state index >= 15 is 0 Å². The van der Waals surface area contributed by atoms with Gasteiger partial charge in [0.15, 0.2) is 0 Å². The number of ether oxygens (including phenoxy) is 2. The molecule has 0 spiro atoms. The van der Waals surface area contributed by atoms with Crippen molar-refractivity contribution in [2.24, 2.45) is 0 Å². The third kappa shape index (κ3) is 4.35. The van der Waals surface area contributed by atoms with Gasteiger partial charge in [-0.3, -0.25) is 4.79 Å². The highest BCUT2D eigenvalue weighted by atomic mass is 16.5. The Morgan fingerprint density at radius 2 is 1.61 bits per heavy atom. The van der Waals surface area contributed by atoms with Crippen molar-refractivity contribution in [2.75, 3.05) is 45.3 Å². The second-order valence-electron chi connectivity index (χ2n) is 7.86. The lowest BCUT2D eigenvalue weighted by Gasteiger charge is -2.35. The molecule has 7 heteroatoms. The molecule has 1 aliphatic rings. The SMILES string of the molecule is COc1cc(N2CCN(C(=O)c3ccc(C(C)(C)C)cc3)CC2)nc(OC)n1. The molecule has 2 aromatic rings. The first-order chi connectivity index (χ1) is 13.3. The molecule has 3 rings (SSSR count). The summed E-state index contributed by atoms with van der Waals surface area (Å²) < 4.78 is 10.4. The number of nitrogens with zero attached hydrogens (tertiary/aromatic N) is 4. The maximum absolute atomic E-state index is 12.8. The van der Waals surface area contributed by atoms with Crippen LogP contribution in [0.1, 0.15) is 36.7 Å². The summed E-state index contributed by atoms with van der Waals surface area (Å²) in [5, 5.41) is 0. The number of anilines is 1. The molecule has 0 radical (unpaired) electrons. The van der Waals surface area contributed by atoms with Crippen LogP contribution in [0.25, 0.3) is 0 Å². The number of aromatic nitrogens is 2. The molecular formula is C21H28N4O3. The molecule has 1 fully saturated rings. The van der Waals surface area contributed by atoms with E-state index in [1.54, 1.807) is 13.2 Å². The van der Waals surface area contributed by atoms with Gasteiger partial charge in [-0.1, -0.05) is 32.9 Å². The number of benzene rings is 1. The van der Waals surface area contributed by atoms with Gasteiger partial charge in [-0.05, 0) is 23.1 Å². The number of hydrogen-bond donors (Lipinski definition) is 0. The van der Waals surface area contributed by atoms with E-state index in [9.17, 15) is 4.79 Å². The molecule has 0 aliphatic carbocycles. The van der Waals surface area contributed by atoms with Crippen LogP contribution in [0.4, 0.5) is 5.82 Å². The third-order valence-corrected chi connectivity index (χ3v) is 4.95. The summed E-state index contributed by atoms with van der Waals surface area (Å²) >= 11 is 0. The van der Waals surface area contributed by atoms with Crippen molar-refractivity contribution >= 4 is 11.7 Å². The van der Waals surface area contributed by atoms with Crippen LogP contribution in [0.5, 0.6) is 11.9 Å². The fraction of sp³-hybridized carbons (Fsp3) is 0.476. The van der Waals surface area contributed by atoms with Crippen molar-refractivity contribution in [2.45, 2.75) is 26.2 Å². The van der Waals surface area contributed by atoms with Gasteiger partial charge in [0.2, 0.25) is 5.88 Å². The van der Waals surface area contributed by atoms with Gasteiger partial charge in [-0.25, -0.2) is 0 Å². The van der Waals surface area contributed by atoms with E-state index in [4.69, 9.17) is 9.47 Å². The van der Waals surface area contributed by atoms with Crippen LogP contribution in [0.15, 0.2) is 30.3 Å². The van der Waals surface area contributed by atoms with E-state index in [-0.39, 0.29) is 17.3 Å². The van der Waals surface area contributed by atoms with E-state index < -0.39 is 0 Å². The lowest BCUT2D eigenvalue weighted by Crippen LogP contribution is -2.49. The number of methoxy groups -OCH3 is 2. The summed E-state index contributed by atoms with van der Waals surface area (Å²) in [5.41, 5.74) is 2.03. The second kappa shape index (κ2) is 8.04. The molecule has 0 unspecified atom stereocenters. The largest absolute Gasteiger partial charge is 0.481 e. The molecular weight excluding hydrogens is 356 g/mol. The summed E-state index contributed by atoms with van der Waals surface area (Å²) in [7, 11) is 3.09. The molecule has 0 atom stereocenters. The summed E-state index contributed by atoms with van der Waals surface area (Å²) in [6.45, 7) is 9.15. The molecule has 1 amide bonds. The summed E-state index contributed by atoms with van der Waals surface area (Å²) in [5.74, 6) is 1.27. The van der Waals surface area contributed by atoms with Gasteiger partial charge in [0.25, 0.3) is 5.91 Å². The molecule has 28 heavy (non-hydrogen) atoms. The Balaban J connectivity index is 1.66. The molecule has 0 bridgehead atoms. The second-order valence-corrected chi connectivity index (χ2v) is 7.86. The summed E-state index contributed by atoms with van der Waals surface area (Å²) in [6, 6.07) is 9.99. The Labute approximate surface area is 166 Å². The van der Waals surface area contributed by atoms with Gasteiger partial charge < -0.3 is 19.3 Å². The van der Waals surface area contributed by atoms with Crippen molar-refractivity contribution in [1.29, 1.82) is 0 Å². The predicted octanol–water partition coefficient (Wildman–Crippen LogP) is 2.75. The number of amides is 1. The first kappa shape index (κ1) is 19.9. The van der Waals surface area contributed by atoms with Crippen LogP contribution >= 0.6 is 0 Å². The van der Waals surface area contributed by atoms with Gasteiger partial charge >= 0.3 is 6.01 Å². The highest BCUT2D eigenvalue weighted by Crippen LogP contribution is 2.24. The molecule has 0 saturated carbocycles. The molecule has 2 heterocycles. The van der Waals surface area contributed by atoms with Gasteiger partial charge in [0.05, 0.1) is 14.2 Å². The van der Waals surface area contributed by atoms with Crippen LogP contribution in [-0.4, -0.2) is 61.2 Å². The fourth-order valence-electron chi connectivity index (χ4n) is 3.18. The number of hydrogen-bond acceptors (Lipinski definition) is 6. The Kier molecular flexibility index (Phi) is 5.72. The van der Waals surface area contributed by atoms with Gasteiger partial charge in [0.1, 0.15) is 5.82 Å². The van der Waals surface area contributed by atoms with Gasteiger partial charge in [-0.15, -0.1) is 0 Å². The van der Waals surface area contributed by atoms with E-state index in [1.807, 2.05) is 29.2 Å². The standard InChI is InChI=1S/C21H28N4O3/c1-21(2,3)16-8-6-15(7-9-16)19(26)25-12-10-24(11-13-25)17-14-18(27-4)23-20(22-17)28-5/h6-9,14H,10-13H2,1-5H3. The van der Waals surface area contributed by atoms with Crippen LogP contribution in [0, 0.1) is 0 Å². The minimum absolute atomic E-state index is 0.0676. The Morgan fingerprint density at radius 1 is 0.964 bits per heavy atom. The molecule has 1 aromatic heterocycles. The lowest BCUT2D eigenvalue weighted by molar-refractivity contribution is 0.0746. The minimum Gasteiger partial charge on any atom is -0.481 e. The third-order valence-electron chi connectivity index (χ3n) is 4.95. The van der Waals surface area contributed by atoms with E-state index in [0.29, 0.717) is 32.1 Å². The van der Waals surface area contributed by atoms with E-state index in [0.717, 1.165) is 11.4 Å². The van der Waals surface area contributed by atoms with Crippen molar-refractivity contribution < 1.29 is 14.3 Å². The molecule has 7 nitrogen and oxygen atoms in total. The van der Waals surface area contributed by atoms with Crippen LogP contribution in [-0.2, 0) is 5.41 Å². The quantitative estimate of drug-likeness (QED) is 0.807. The molecule has 1 saturated heterocycles. The average Bonchev–Trinajstić information content (AvgIpc) is 2.72. The van der Waals surface area contributed by atoms with Crippen molar-refractivity contribution in [3.63, 3.8) is 0 Å². The first-order valence-electron chi connectivity index (χ1n) is 9.43. The predicted molar refractivity (Wildman–Crippen MR) is 108 cm³/mol. The molecule has 1 aliphatic heterocycles. The number of rotatable bonds is 4. The van der Waals surface area contributed by atoms with Crippen molar-refractivity contribution in [3.8, 4) is 11.9 Å². The summed E-state index contributed by atoms with van der Waals surface area (Å²) in [6.07, 6.45) is 0. The lowest BCUT2D eigenvalue weighted by atomic mass is 9.86. The summed E-state index contributed by atoms with van der Waals surface area (Å²) in [4.78, 5) is 25.4. The van der Waals surface area contributed by atoms with Crippen molar-refractivity contribution in [3.05, 3.63) is 41.5 Å². The first-order valence-corrected chi connectivity index (χ1v) is 9.43. The zero-order chi connectivity index (χ0) is 20.3.